The second kappa shape index (κ2) is 8.00. The fourth-order valence-corrected chi connectivity index (χ4v) is 5.13. The molecular formula is C29H23N5O. The van der Waals surface area contributed by atoms with Gasteiger partial charge in [0.2, 0.25) is 5.95 Å². The monoisotopic (exact) mass is 457 g/mol. The van der Waals surface area contributed by atoms with Crippen molar-refractivity contribution in [3.63, 3.8) is 0 Å². The van der Waals surface area contributed by atoms with Gasteiger partial charge in [0.1, 0.15) is 11.6 Å². The lowest BCUT2D eigenvalue weighted by Crippen LogP contribution is -2.30. The first kappa shape index (κ1) is 20.9. The van der Waals surface area contributed by atoms with Gasteiger partial charge in [-0.15, -0.1) is 0 Å². The minimum atomic E-state index is -0.323. The number of hydrogen-bond donors (Lipinski definition) is 0. The predicted octanol–water partition coefficient (Wildman–Crippen LogP) is 5.55. The molecule has 5 aromatic rings. The molecule has 2 aromatic heterocycles. The third-order valence-corrected chi connectivity index (χ3v) is 6.80. The summed E-state index contributed by atoms with van der Waals surface area (Å²) in [6.45, 7) is 5.23. The van der Waals surface area contributed by atoms with Crippen molar-refractivity contribution in [2.24, 2.45) is 0 Å². The van der Waals surface area contributed by atoms with Crippen molar-refractivity contribution < 1.29 is 4.79 Å². The summed E-state index contributed by atoms with van der Waals surface area (Å²) in [6, 6.07) is 26.5. The number of fused-ring (bicyclic) bond motifs is 4. The molecule has 0 unspecified atom stereocenters. The van der Waals surface area contributed by atoms with Gasteiger partial charge in [-0.1, -0.05) is 48.5 Å². The van der Waals surface area contributed by atoms with Crippen LogP contribution >= 0.6 is 0 Å². The maximum Gasteiger partial charge on any atom is 0.271 e. The number of rotatable bonds is 3. The summed E-state index contributed by atoms with van der Waals surface area (Å²) in [6.07, 6.45) is 1.71. The van der Waals surface area contributed by atoms with E-state index in [9.17, 15) is 10.1 Å². The van der Waals surface area contributed by atoms with Gasteiger partial charge < -0.3 is 9.13 Å². The topological polar surface area (TPSA) is 66.8 Å². The number of carbonyl (C=O) groups is 1. The molecule has 0 aliphatic carbocycles. The molecule has 3 aromatic carbocycles. The molecule has 1 aliphatic heterocycles. The Morgan fingerprint density at radius 3 is 2.63 bits per heavy atom. The summed E-state index contributed by atoms with van der Waals surface area (Å²) in [5, 5.41) is 12.3. The van der Waals surface area contributed by atoms with Crippen LogP contribution in [-0.4, -0.2) is 26.6 Å². The SMILES string of the molecule is Cc1cc(C=C(C#N)C(=O)N2CCn3c2nc2ccccc23)c(C)n1-c1cccc2ccccc12. The van der Waals surface area contributed by atoms with Crippen molar-refractivity contribution in [3.05, 3.63) is 95.3 Å². The molecule has 0 spiro atoms. The van der Waals surface area contributed by atoms with Gasteiger partial charge in [-0.25, -0.2) is 4.98 Å². The zero-order valence-corrected chi connectivity index (χ0v) is 19.6. The molecule has 0 bridgehead atoms. The molecule has 0 fully saturated rings. The first-order valence-corrected chi connectivity index (χ1v) is 11.6. The Bertz CT molecular complexity index is 1710. The van der Waals surface area contributed by atoms with Gasteiger partial charge in [-0.05, 0) is 55.1 Å². The van der Waals surface area contributed by atoms with Gasteiger partial charge in [0.25, 0.3) is 5.91 Å². The number of nitriles is 1. The Hall–Kier alpha value is -4.63. The van der Waals surface area contributed by atoms with Gasteiger partial charge in [-0.3, -0.25) is 9.69 Å². The molecule has 6 rings (SSSR count). The summed E-state index contributed by atoms with van der Waals surface area (Å²) in [5.41, 5.74) is 5.90. The van der Waals surface area contributed by atoms with Gasteiger partial charge in [0.15, 0.2) is 0 Å². The molecule has 170 valence electrons. The van der Waals surface area contributed by atoms with Crippen molar-refractivity contribution in [2.45, 2.75) is 20.4 Å². The van der Waals surface area contributed by atoms with E-state index in [1.807, 2.05) is 60.9 Å². The molecule has 0 atom stereocenters. The van der Waals surface area contributed by atoms with E-state index in [4.69, 9.17) is 0 Å². The van der Waals surface area contributed by atoms with E-state index in [1.165, 1.54) is 5.39 Å². The van der Waals surface area contributed by atoms with Gasteiger partial charge in [-0.2, -0.15) is 5.26 Å². The van der Waals surface area contributed by atoms with Crippen LogP contribution in [0, 0.1) is 25.2 Å². The third kappa shape index (κ3) is 3.24. The smallest absolute Gasteiger partial charge is 0.271 e. The van der Waals surface area contributed by atoms with Crippen molar-refractivity contribution in [1.29, 1.82) is 5.26 Å². The van der Waals surface area contributed by atoms with E-state index < -0.39 is 0 Å². The van der Waals surface area contributed by atoms with E-state index in [2.05, 4.69) is 46.0 Å². The van der Waals surface area contributed by atoms with Crippen molar-refractivity contribution in [1.82, 2.24) is 14.1 Å². The van der Waals surface area contributed by atoms with Gasteiger partial charge in [0.05, 0.1) is 16.7 Å². The molecule has 1 amide bonds. The highest BCUT2D eigenvalue weighted by Crippen LogP contribution is 2.30. The van der Waals surface area contributed by atoms with Gasteiger partial charge >= 0.3 is 0 Å². The van der Waals surface area contributed by atoms with E-state index in [1.54, 1.807) is 11.0 Å². The normalized spacial score (nSPS) is 13.4. The second-order valence-corrected chi connectivity index (χ2v) is 8.84. The molecule has 0 saturated carbocycles. The van der Waals surface area contributed by atoms with Crippen LogP contribution in [0.3, 0.4) is 0 Å². The third-order valence-electron chi connectivity index (χ3n) is 6.80. The Kier molecular flexibility index (Phi) is 4.78. The number of aromatic nitrogens is 3. The second-order valence-electron chi connectivity index (χ2n) is 8.84. The zero-order valence-electron chi connectivity index (χ0n) is 19.6. The Balaban J connectivity index is 1.40. The molecule has 6 nitrogen and oxygen atoms in total. The van der Waals surface area contributed by atoms with Crippen LogP contribution in [0.1, 0.15) is 17.0 Å². The Morgan fingerprint density at radius 1 is 1.00 bits per heavy atom. The number of benzene rings is 3. The molecule has 1 aliphatic rings. The van der Waals surface area contributed by atoms with Crippen LogP contribution in [0.25, 0.3) is 33.6 Å². The van der Waals surface area contributed by atoms with Crippen LogP contribution in [0.2, 0.25) is 0 Å². The number of aryl methyl sites for hydroxylation is 1. The van der Waals surface area contributed by atoms with Crippen molar-refractivity contribution in [3.8, 4) is 11.8 Å². The minimum Gasteiger partial charge on any atom is -0.317 e. The highest BCUT2D eigenvalue weighted by Gasteiger charge is 2.30. The fraction of sp³-hybridized carbons (Fsp3) is 0.138. The number of nitrogens with zero attached hydrogens (tertiary/aromatic N) is 5. The lowest BCUT2D eigenvalue weighted by Gasteiger charge is -2.14. The van der Waals surface area contributed by atoms with Crippen LogP contribution in [-0.2, 0) is 11.3 Å². The standard InChI is InChI=1S/C29H23N5O/c1-19-16-22(20(2)34(19)26-13-7-9-21-8-3-4-10-24(21)26)17-23(18-30)28(35)33-15-14-32-27-12-6-5-11-25(27)31-29(32)33/h3-13,16-17H,14-15H2,1-2H3. The van der Waals surface area contributed by atoms with E-state index in [0.717, 1.165) is 39.1 Å². The minimum absolute atomic E-state index is 0.101. The first-order chi connectivity index (χ1) is 17.1. The molecule has 0 N–H and O–H groups in total. The van der Waals surface area contributed by atoms with Crippen molar-refractivity contribution >= 4 is 39.7 Å². The van der Waals surface area contributed by atoms with E-state index in [0.29, 0.717) is 19.0 Å². The molecule has 0 radical (unpaired) electrons. The molecule has 35 heavy (non-hydrogen) atoms. The average molecular weight is 458 g/mol. The highest BCUT2D eigenvalue weighted by atomic mass is 16.2. The summed E-state index contributed by atoms with van der Waals surface area (Å²) in [4.78, 5) is 19.7. The lowest BCUT2D eigenvalue weighted by molar-refractivity contribution is -0.114. The predicted molar refractivity (Wildman–Crippen MR) is 138 cm³/mol. The summed E-state index contributed by atoms with van der Waals surface area (Å²) in [7, 11) is 0. The molecule has 6 heteroatoms. The number of para-hydroxylation sites is 2. The van der Waals surface area contributed by atoms with E-state index in [-0.39, 0.29) is 11.5 Å². The largest absolute Gasteiger partial charge is 0.317 e. The summed E-state index contributed by atoms with van der Waals surface area (Å²) >= 11 is 0. The maximum atomic E-state index is 13.4. The lowest BCUT2D eigenvalue weighted by atomic mass is 10.1. The summed E-state index contributed by atoms with van der Waals surface area (Å²) < 4.78 is 4.22. The summed E-state index contributed by atoms with van der Waals surface area (Å²) in [5.74, 6) is 0.273. The number of hydrogen-bond acceptors (Lipinski definition) is 3. The number of carbonyl (C=O) groups excluding carboxylic acids is 1. The maximum absolute atomic E-state index is 13.4. The fourth-order valence-electron chi connectivity index (χ4n) is 5.13. The van der Waals surface area contributed by atoms with Crippen molar-refractivity contribution in [2.75, 3.05) is 11.4 Å². The zero-order chi connectivity index (χ0) is 24.1. The van der Waals surface area contributed by atoms with Crippen LogP contribution in [0.5, 0.6) is 0 Å². The average Bonchev–Trinajstić information content (AvgIpc) is 3.53. The highest BCUT2D eigenvalue weighted by molar-refractivity contribution is 6.11. The number of anilines is 1. The van der Waals surface area contributed by atoms with Crippen LogP contribution < -0.4 is 4.90 Å². The molecule has 0 saturated heterocycles. The quantitative estimate of drug-likeness (QED) is 0.263. The first-order valence-electron chi connectivity index (χ1n) is 11.6. The number of amides is 1. The van der Waals surface area contributed by atoms with Gasteiger partial charge in [0, 0.05) is 29.9 Å². The Labute approximate surface area is 203 Å². The van der Waals surface area contributed by atoms with Crippen LogP contribution in [0.15, 0.2) is 78.4 Å². The molecule has 3 heterocycles. The van der Waals surface area contributed by atoms with Crippen LogP contribution in [0.4, 0.5) is 5.95 Å². The molecular weight excluding hydrogens is 434 g/mol. The van der Waals surface area contributed by atoms with E-state index >= 15 is 0 Å². The Morgan fingerprint density at radius 2 is 1.77 bits per heavy atom. The number of imidazole rings is 1.